The number of rotatable bonds is 5. The fourth-order valence-corrected chi connectivity index (χ4v) is 4.01. The highest BCUT2D eigenvalue weighted by Gasteiger charge is 2.19. The highest BCUT2D eigenvalue weighted by molar-refractivity contribution is 7.71. The molecule has 7 heteroatoms. The van der Waals surface area contributed by atoms with Gasteiger partial charge in [-0.25, -0.2) is 0 Å². The summed E-state index contributed by atoms with van der Waals surface area (Å²) in [7, 11) is 1.68. The minimum atomic E-state index is -0.462. The van der Waals surface area contributed by atoms with Crippen molar-refractivity contribution in [1.29, 1.82) is 0 Å². The summed E-state index contributed by atoms with van der Waals surface area (Å²) in [5, 5.41) is 0. The summed E-state index contributed by atoms with van der Waals surface area (Å²) in [6.45, 7) is 8.28. The van der Waals surface area contributed by atoms with Crippen molar-refractivity contribution in [3.63, 3.8) is 0 Å². The Morgan fingerprint density at radius 3 is 2.33 bits per heavy atom. The van der Waals surface area contributed by atoms with Gasteiger partial charge in [-0.2, -0.15) is 0 Å². The van der Waals surface area contributed by atoms with Gasteiger partial charge in [0.15, 0.2) is 0 Å². The molecular formula is C20H26N4O2S. The number of amides is 1. The fraction of sp³-hybridized carbons (Fsp3) is 0.400. The van der Waals surface area contributed by atoms with E-state index in [9.17, 15) is 4.79 Å². The van der Waals surface area contributed by atoms with Crippen LogP contribution in [0.3, 0.4) is 0 Å². The maximum absolute atomic E-state index is 11.8. The molecule has 2 aromatic rings. The highest BCUT2D eigenvalue weighted by atomic mass is 32.1. The lowest BCUT2D eigenvalue weighted by Crippen LogP contribution is -2.47. The number of carbonyl (C=O) groups is 1. The third-order valence-corrected chi connectivity index (χ3v) is 5.53. The average Bonchev–Trinajstić information content (AvgIpc) is 2.65. The quantitative estimate of drug-likeness (QED) is 0.801. The van der Waals surface area contributed by atoms with Crippen molar-refractivity contribution in [2.45, 2.75) is 20.5 Å². The number of nitrogens with two attached hydrogens (primary N) is 1. The Morgan fingerprint density at radius 2 is 1.78 bits per heavy atom. The van der Waals surface area contributed by atoms with Crippen LogP contribution in [0, 0.1) is 18.5 Å². The van der Waals surface area contributed by atoms with E-state index in [-0.39, 0.29) is 0 Å². The lowest BCUT2D eigenvalue weighted by atomic mass is 10.1. The second kappa shape index (κ2) is 8.10. The number of hydrogen-bond donors (Lipinski definition) is 1. The Hall–Kier alpha value is -2.38. The molecule has 0 aliphatic carbocycles. The summed E-state index contributed by atoms with van der Waals surface area (Å²) in [4.78, 5) is 16.5. The largest absolute Gasteiger partial charge is 0.497 e. The van der Waals surface area contributed by atoms with Crippen LogP contribution in [0.25, 0.3) is 0 Å². The number of benzene rings is 1. The second-order valence-corrected chi connectivity index (χ2v) is 7.27. The summed E-state index contributed by atoms with van der Waals surface area (Å²) in [5.41, 5.74) is 9.06. The lowest BCUT2D eigenvalue weighted by Gasteiger charge is -2.36. The molecule has 1 amide bonds. The van der Waals surface area contributed by atoms with E-state index in [1.54, 1.807) is 7.11 Å². The Balaban J connectivity index is 1.70. The van der Waals surface area contributed by atoms with Gasteiger partial charge in [0, 0.05) is 37.6 Å². The highest BCUT2D eigenvalue weighted by Crippen LogP contribution is 2.21. The molecular weight excluding hydrogens is 360 g/mol. The Kier molecular flexibility index (Phi) is 5.82. The molecule has 0 bridgehead atoms. The van der Waals surface area contributed by atoms with E-state index in [0.29, 0.717) is 16.9 Å². The molecule has 27 heavy (non-hydrogen) atoms. The monoisotopic (exact) mass is 386 g/mol. The first-order valence-electron chi connectivity index (χ1n) is 9.03. The minimum Gasteiger partial charge on any atom is -0.497 e. The van der Waals surface area contributed by atoms with E-state index < -0.39 is 5.91 Å². The number of hydrogen-bond acceptors (Lipinski definition) is 5. The molecule has 0 unspecified atom stereocenters. The number of anilines is 1. The number of ether oxygens (including phenoxy) is 1. The van der Waals surface area contributed by atoms with E-state index >= 15 is 0 Å². The smallest absolute Gasteiger partial charge is 0.251 e. The normalized spacial score (nSPS) is 15.0. The summed E-state index contributed by atoms with van der Waals surface area (Å²) in [6, 6.07) is 10.1. The predicted octanol–water partition coefficient (Wildman–Crippen LogP) is 2.72. The van der Waals surface area contributed by atoms with Crippen LogP contribution in [0.15, 0.2) is 30.3 Å². The number of pyridine rings is 1. The van der Waals surface area contributed by atoms with Gasteiger partial charge in [0.1, 0.15) is 10.4 Å². The summed E-state index contributed by atoms with van der Waals surface area (Å²) >= 11 is 5.55. The molecule has 1 aromatic carbocycles. The summed E-state index contributed by atoms with van der Waals surface area (Å²) in [6.07, 6.45) is 0. The van der Waals surface area contributed by atoms with Crippen molar-refractivity contribution < 1.29 is 9.53 Å². The Labute approximate surface area is 165 Å². The number of primary amides is 1. The molecule has 2 N–H and O–H groups in total. The Morgan fingerprint density at radius 1 is 1.15 bits per heavy atom. The van der Waals surface area contributed by atoms with Gasteiger partial charge in [-0.1, -0.05) is 12.2 Å². The predicted molar refractivity (Wildman–Crippen MR) is 110 cm³/mol. The molecule has 1 aromatic heterocycles. The van der Waals surface area contributed by atoms with Gasteiger partial charge in [0.25, 0.3) is 5.91 Å². The zero-order valence-corrected chi connectivity index (χ0v) is 16.9. The van der Waals surface area contributed by atoms with Crippen molar-refractivity contribution in [1.82, 2.24) is 9.47 Å². The van der Waals surface area contributed by atoms with Gasteiger partial charge in [0.05, 0.1) is 19.3 Å². The number of aromatic nitrogens is 1. The van der Waals surface area contributed by atoms with Gasteiger partial charge < -0.3 is 19.9 Å². The molecule has 0 saturated carbocycles. The zero-order chi connectivity index (χ0) is 19.6. The van der Waals surface area contributed by atoms with Crippen molar-refractivity contribution in [3.05, 3.63) is 51.8 Å². The van der Waals surface area contributed by atoms with Gasteiger partial charge >= 0.3 is 0 Å². The summed E-state index contributed by atoms with van der Waals surface area (Å²) in [5.74, 6) is 0.405. The molecule has 1 aliphatic heterocycles. The van der Waals surface area contributed by atoms with Crippen LogP contribution in [-0.2, 0) is 6.67 Å². The fourth-order valence-electron chi connectivity index (χ4n) is 3.54. The molecule has 0 spiro atoms. The van der Waals surface area contributed by atoms with E-state index in [1.165, 1.54) is 5.69 Å². The standard InChI is InChI=1S/C20H26N4O2S/c1-14-12-15(2)24(20(27)18(14)19(21)25)13-22-8-10-23(11-9-22)16-4-6-17(26-3)7-5-16/h4-7,12H,8-11,13H2,1-3H3,(H2,21,25). The number of carbonyl (C=O) groups excluding carboxylic acids is 1. The number of methoxy groups -OCH3 is 1. The Bertz CT molecular complexity index is 884. The lowest BCUT2D eigenvalue weighted by molar-refractivity contribution is 0.0997. The molecule has 2 heterocycles. The first-order valence-corrected chi connectivity index (χ1v) is 9.43. The van der Waals surface area contributed by atoms with Crippen LogP contribution in [0.5, 0.6) is 5.75 Å². The van der Waals surface area contributed by atoms with Gasteiger partial charge in [-0.3, -0.25) is 9.69 Å². The number of nitrogens with zero attached hydrogens (tertiary/aromatic N) is 3. The van der Waals surface area contributed by atoms with Crippen LogP contribution in [0.1, 0.15) is 21.6 Å². The van der Waals surface area contributed by atoms with Crippen molar-refractivity contribution in [2.24, 2.45) is 5.73 Å². The van der Waals surface area contributed by atoms with Gasteiger partial charge in [-0.15, -0.1) is 0 Å². The van der Waals surface area contributed by atoms with E-state index in [4.69, 9.17) is 22.7 Å². The minimum absolute atomic E-state index is 0.451. The van der Waals surface area contributed by atoms with E-state index in [2.05, 4.69) is 21.9 Å². The molecule has 3 rings (SSSR count). The molecule has 1 aliphatic rings. The van der Waals surface area contributed by atoms with E-state index in [0.717, 1.165) is 43.2 Å². The molecule has 144 valence electrons. The SMILES string of the molecule is COc1ccc(N2CCN(Cn3c(C)cc(C)c(C(N)=O)c3=S)CC2)cc1. The summed E-state index contributed by atoms with van der Waals surface area (Å²) < 4.78 is 7.76. The van der Waals surface area contributed by atoms with Crippen LogP contribution >= 0.6 is 12.2 Å². The number of aryl methyl sites for hydroxylation is 2. The topological polar surface area (TPSA) is 63.7 Å². The first kappa shape index (κ1) is 19.4. The van der Waals surface area contributed by atoms with Crippen molar-refractivity contribution in [2.75, 3.05) is 38.2 Å². The second-order valence-electron chi connectivity index (χ2n) is 6.89. The van der Waals surface area contributed by atoms with Crippen molar-refractivity contribution >= 4 is 23.8 Å². The van der Waals surface area contributed by atoms with Crippen LogP contribution in [-0.4, -0.2) is 48.7 Å². The van der Waals surface area contributed by atoms with Crippen LogP contribution < -0.4 is 15.4 Å². The third-order valence-electron chi connectivity index (χ3n) is 5.10. The van der Waals surface area contributed by atoms with E-state index in [1.807, 2.05) is 36.6 Å². The van der Waals surface area contributed by atoms with Crippen LogP contribution in [0.4, 0.5) is 5.69 Å². The molecule has 6 nitrogen and oxygen atoms in total. The average molecular weight is 387 g/mol. The zero-order valence-electron chi connectivity index (χ0n) is 16.1. The van der Waals surface area contributed by atoms with Crippen molar-refractivity contribution in [3.8, 4) is 5.75 Å². The molecule has 1 saturated heterocycles. The maximum Gasteiger partial charge on any atom is 0.251 e. The molecule has 0 atom stereocenters. The maximum atomic E-state index is 11.8. The number of piperazine rings is 1. The third kappa shape index (κ3) is 4.14. The molecule has 0 radical (unpaired) electrons. The first-order chi connectivity index (χ1) is 12.9. The molecule has 1 fully saturated rings. The van der Waals surface area contributed by atoms with Gasteiger partial charge in [-0.05, 0) is 49.7 Å². The van der Waals surface area contributed by atoms with Gasteiger partial charge in [0.2, 0.25) is 0 Å². The van der Waals surface area contributed by atoms with Crippen LogP contribution in [0.2, 0.25) is 0 Å².